The van der Waals surface area contributed by atoms with Crippen molar-refractivity contribution in [3.63, 3.8) is 0 Å². The number of nitrogens with one attached hydrogen (secondary N) is 3. The quantitative estimate of drug-likeness (QED) is 0.102. The average molecular weight is 867 g/mol. The van der Waals surface area contributed by atoms with Crippen LogP contribution in [0.3, 0.4) is 0 Å². The zero-order valence-electron chi connectivity index (χ0n) is 37.1. The highest BCUT2D eigenvalue weighted by Gasteiger charge is 2.54. The van der Waals surface area contributed by atoms with Crippen molar-refractivity contribution in [2.45, 2.75) is 51.2 Å². The Morgan fingerprint density at radius 3 is 2.16 bits per heavy atom. The van der Waals surface area contributed by atoms with E-state index in [2.05, 4.69) is 143 Å². The number of benzene rings is 2. The molecule has 0 radical (unpaired) electrons. The molecule has 1 saturated carbocycles. The third kappa shape index (κ3) is 8.40. The van der Waals surface area contributed by atoms with Crippen molar-refractivity contribution >= 4 is 39.9 Å². The summed E-state index contributed by atoms with van der Waals surface area (Å²) in [7, 11) is 0. The number of piperazine rings is 2. The van der Waals surface area contributed by atoms with E-state index in [9.17, 15) is 14.0 Å². The first kappa shape index (κ1) is 42.0. The molecule has 3 aliphatic heterocycles. The lowest BCUT2D eigenvalue weighted by molar-refractivity contribution is -0.768. The maximum Gasteiger partial charge on any atom is 0.232 e. The van der Waals surface area contributed by atoms with Gasteiger partial charge in [0.05, 0.1) is 23.1 Å². The molecule has 0 spiro atoms. The molecular weight excluding hydrogens is 806 g/mol. The van der Waals surface area contributed by atoms with E-state index in [0.717, 1.165) is 121 Å². The van der Waals surface area contributed by atoms with Crippen molar-refractivity contribution in [3.05, 3.63) is 103 Å². The minimum atomic E-state index is -0.861. The average Bonchev–Trinajstić information content (AvgIpc) is 3.79. The van der Waals surface area contributed by atoms with Gasteiger partial charge >= 0.3 is 0 Å². The van der Waals surface area contributed by atoms with Crippen LogP contribution in [0.5, 0.6) is 0 Å². The van der Waals surface area contributed by atoms with Crippen LogP contribution in [0.4, 0.5) is 21.5 Å². The van der Waals surface area contributed by atoms with E-state index in [0.29, 0.717) is 39.1 Å². The molecule has 4 unspecified atom stereocenters. The van der Waals surface area contributed by atoms with Crippen LogP contribution in [0, 0.1) is 5.92 Å². The van der Waals surface area contributed by atoms with Crippen LogP contribution in [-0.4, -0.2) is 127 Å². The maximum atomic E-state index is 14.6. The van der Waals surface area contributed by atoms with Crippen molar-refractivity contribution in [1.29, 1.82) is 0 Å². The molecule has 1 aliphatic carbocycles. The van der Waals surface area contributed by atoms with Crippen molar-refractivity contribution in [3.8, 4) is 22.3 Å². The van der Waals surface area contributed by atoms with Gasteiger partial charge in [0.2, 0.25) is 11.8 Å². The Labute approximate surface area is 374 Å². The van der Waals surface area contributed by atoms with E-state index >= 15 is 0 Å². The molecule has 4 atom stereocenters. The highest BCUT2D eigenvalue weighted by molar-refractivity contribution is 5.84. The molecule has 0 bridgehead atoms. The fourth-order valence-corrected chi connectivity index (χ4v) is 10.2. The van der Waals surface area contributed by atoms with Crippen molar-refractivity contribution in [2.75, 3.05) is 100 Å². The van der Waals surface area contributed by atoms with Gasteiger partial charge in [0, 0.05) is 126 Å². The molecule has 4 fully saturated rings. The van der Waals surface area contributed by atoms with E-state index in [1.54, 1.807) is 0 Å². The molecule has 6 aromatic rings. The van der Waals surface area contributed by atoms with Crippen molar-refractivity contribution in [2.24, 2.45) is 5.92 Å². The summed E-state index contributed by atoms with van der Waals surface area (Å²) in [5.41, 5.74) is 11.0. The van der Waals surface area contributed by atoms with E-state index in [4.69, 9.17) is 0 Å². The van der Waals surface area contributed by atoms with Gasteiger partial charge in [-0.05, 0) is 66.5 Å². The first-order valence-electron chi connectivity index (χ1n) is 23.5. The number of fused-ring (bicyclic) bond motifs is 2. The van der Waals surface area contributed by atoms with Crippen LogP contribution in [0.2, 0.25) is 0 Å². The first-order chi connectivity index (χ1) is 31.4. The number of anilines is 3. The molecule has 3 N–H and O–H groups in total. The molecule has 7 heterocycles. The molecule has 14 heteroatoms. The zero-order valence-corrected chi connectivity index (χ0v) is 37.1. The highest BCUT2D eigenvalue weighted by atomic mass is 19.1. The lowest BCUT2D eigenvalue weighted by Gasteiger charge is -2.36. The number of rotatable bonds is 13. The van der Waals surface area contributed by atoms with Crippen LogP contribution in [0.1, 0.15) is 50.6 Å². The second-order valence-electron chi connectivity index (χ2n) is 17.9. The summed E-state index contributed by atoms with van der Waals surface area (Å²) >= 11 is 0. The van der Waals surface area contributed by atoms with Crippen LogP contribution < -0.4 is 30.4 Å². The number of piperidine rings is 1. The Morgan fingerprint density at radius 1 is 0.781 bits per heavy atom. The van der Waals surface area contributed by atoms with Crippen LogP contribution in [-0.2, 0) is 9.59 Å². The molecule has 13 nitrogen and oxygen atoms in total. The lowest BCUT2D eigenvalue weighted by atomic mass is 9.88. The van der Waals surface area contributed by atoms with Gasteiger partial charge < -0.3 is 35.6 Å². The predicted molar refractivity (Wildman–Crippen MR) is 251 cm³/mol. The standard InChI is InChI=1S/C50H61FN11O2/c1-3-49(63)58-25-21-57(22-26-58)45-15-20-61(62-34-39(30-48(45)62)36-9-11-40(12-10-36)54-19-18-52-4-2)46-31-42(46)50(64)59-27-23-56(24-28-59)44-14-17-55-60-33-38(29-47(44)60)35-5-7-37(8-6-35)41-13-16-53-32-43(41)51/h5-12,14-15,17,20,29-30,33-34,41-43,46,52-54H,3-4,13,16,18-19,21-28,31-32H2,1-2H3/q+1. The van der Waals surface area contributed by atoms with Gasteiger partial charge in [0.25, 0.3) is 0 Å². The molecule has 10 rings (SSSR count). The topological polar surface area (TPSA) is 109 Å². The minimum Gasteiger partial charge on any atom is -0.384 e. The van der Waals surface area contributed by atoms with E-state index in [-0.39, 0.29) is 29.7 Å². The fourth-order valence-electron chi connectivity index (χ4n) is 10.2. The summed E-state index contributed by atoms with van der Waals surface area (Å²) < 4.78 is 21.1. The number of carbonyl (C=O) groups excluding carboxylic acids is 2. The number of aromatic nitrogens is 4. The van der Waals surface area contributed by atoms with E-state index in [1.165, 1.54) is 0 Å². The zero-order chi connectivity index (χ0) is 43.7. The number of amides is 2. The van der Waals surface area contributed by atoms with Crippen LogP contribution in [0.15, 0.2) is 97.6 Å². The minimum absolute atomic E-state index is 0.0603. The summed E-state index contributed by atoms with van der Waals surface area (Å²) in [5, 5.41) is 14.7. The van der Waals surface area contributed by atoms with Gasteiger partial charge in [0.1, 0.15) is 17.6 Å². The third-order valence-electron chi connectivity index (χ3n) is 14.0. The summed E-state index contributed by atoms with van der Waals surface area (Å²) in [5.74, 6) is 0.300. The van der Waals surface area contributed by atoms with Gasteiger partial charge in [0.15, 0.2) is 12.2 Å². The molecule has 3 saturated heterocycles. The smallest absolute Gasteiger partial charge is 0.232 e. The largest absolute Gasteiger partial charge is 0.384 e. The van der Waals surface area contributed by atoms with Gasteiger partial charge in [-0.2, -0.15) is 5.10 Å². The Morgan fingerprint density at radius 2 is 1.45 bits per heavy atom. The van der Waals surface area contributed by atoms with Gasteiger partial charge in [-0.25, -0.2) is 8.91 Å². The number of hydrogen-bond donors (Lipinski definition) is 3. The number of hydrogen-bond acceptors (Lipinski definition) is 8. The second kappa shape index (κ2) is 18.2. The second-order valence-corrected chi connectivity index (χ2v) is 17.9. The van der Waals surface area contributed by atoms with Gasteiger partial charge in [-0.15, -0.1) is 9.20 Å². The summed E-state index contributed by atoms with van der Waals surface area (Å²) in [4.78, 5) is 35.5. The highest BCUT2D eigenvalue weighted by Crippen LogP contribution is 2.42. The number of halogens is 1. The SMILES string of the molecule is CCNCCNc1ccc(-c2cc3c(N4CCN(C(=O)CC)CC4)cc[n+](C4CC4C(=O)N4CCN(c5ccnn6cc(-c7ccc(C8CCNCC8F)cc7)cc56)CC4)n3c2)cc1. The predicted octanol–water partition coefficient (Wildman–Crippen LogP) is 5.61. The third-order valence-corrected chi connectivity index (χ3v) is 14.0. The summed E-state index contributed by atoms with van der Waals surface area (Å²) in [6.45, 7) is 13.8. The Bertz CT molecular complexity index is 2590. The molecule has 4 aliphatic rings. The molecule has 64 heavy (non-hydrogen) atoms. The number of carbonyl (C=O) groups is 2. The Kier molecular flexibility index (Phi) is 12.0. The number of likely N-dealkylation sites (N-methyl/N-ethyl adjacent to an activating group) is 1. The van der Waals surface area contributed by atoms with Crippen molar-refractivity contribution < 1.29 is 18.7 Å². The van der Waals surface area contributed by atoms with Crippen LogP contribution in [0.25, 0.3) is 33.3 Å². The number of nitrogens with zero attached hydrogens (tertiary/aromatic N) is 8. The molecule has 4 aromatic heterocycles. The lowest BCUT2D eigenvalue weighted by Crippen LogP contribution is -2.50. The first-order valence-corrected chi connectivity index (χ1v) is 23.5. The van der Waals surface area contributed by atoms with Gasteiger partial charge in [-0.3, -0.25) is 9.59 Å². The maximum absolute atomic E-state index is 14.6. The number of alkyl halides is 1. The van der Waals surface area contributed by atoms with E-state index < -0.39 is 6.17 Å². The molecule has 334 valence electrons. The Hall–Kier alpha value is -5.99. The van der Waals surface area contributed by atoms with Crippen molar-refractivity contribution in [1.82, 2.24) is 34.6 Å². The summed E-state index contributed by atoms with van der Waals surface area (Å²) in [6.07, 6.45) is 9.58. The van der Waals surface area contributed by atoms with E-state index in [1.807, 2.05) is 22.5 Å². The van der Waals surface area contributed by atoms with Crippen LogP contribution >= 0.6 is 0 Å². The normalized spacial score (nSPS) is 21.5. The summed E-state index contributed by atoms with van der Waals surface area (Å²) in [6, 6.07) is 25.8. The van der Waals surface area contributed by atoms with Gasteiger partial charge in [-0.1, -0.05) is 50.2 Å². The Balaban J connectivity index is 0.829. The molecular formula is C50H61FN11O2+. The fraction of sp³-hybridized carbons (Fsp3) is 0.440. The molecule has 2 aromatic carbocycles. The monoisotopic (exact) mass is 866 g/mol. The molecule has 2 amide bonds.